The Morgan fingerprint density at radius 3 is 2.55 bits per heavy atom. The number of nitrogens with one attached hydrogen (secondary N) is 1. The van der Waals surface area contributed by atoms with Crippen molar-refractivity contribution in [1.82, 2.24) is 9.78 Å². The van der Waals surface area contributed by atoms with Gasteiger partial charge in [-0.25, -0.2) is 4.68 Å². The van der Waals surface area contributed by atoms with Crippen LogP contribution >= 0.6 is 11.6 Å². The van der Waals surface area contributed by atoms with Gasteiger partial charge in [-0.15, -0.1) is 0 Å². The number of aromatic nitrogens is 2. The molecule has 0 unspecified atom stereocenters. The first-order chi connectivity index (χ1) is 9.76. The number of hydrogen-bond donors (Lipinski definition) is 1. The number of benzene rings is 1. The Morgan fingerprint density at radius 1 is 1.20 bits per heavy atom. The molecular weight excluding hydrogens is 270 g/mol. The Kier molecular flexibility index (Phi) is 5.48. The zero-order valence-corrected chi connectivity index (χ0v) is 12.9. The van der Waals surface area contributed by atoms with Gasteiger partial charge in [0.25, 0.3) is 0 Å². The third-order valence-corrected chi connectivity index (χ3v) is 3.66. The lowest BCUT2D eigenvalue weighted by Gasteiger charge is -2.21. The zero-order chi connectivity index (χ0) is 14.4. The van der Waals surface area contributed by atoms with Gasteiger partial charge >= 0.3 is 0 Å². The molecule has 0 radical (unpaired) electrons. The summed E-state index contributed by atoms with van der Waals surface area (Å²) in [4.78, 5) is 0. The maximum atomic E-state index is 6.36. The summed E-state index contributed by atoms with van der Waals surface area (Å²) < 4.78 is 1.82. The highest BCUT2D eigenvalue weighted by Gasteiger charge is 2.13. The van der Waals surface area contributed by atoms with Gasteiger partial charge in [0.1, 0.15) is 5.69 Å². The molecule has 2 rings (SSSR count). The van der Waals surface area contributed by atoms with Crippen LogP contribution in [0.25, 0.3) is 5.69 Å². The summed E-state index contributed by atoms with van der Waals surface area (Å²) in [5.41, 5.74) is 1.98. The van der Waals surface area contributed by atoms with Crippen molar-refractivity contribution in [2.24, 2.45) is 0 Å². The maximum Gasteiger partial charge on any atom is 0.106 e. The van der Waals surface area contributed by atoms with E-state index >= 15 is 0 Å². The van der Waals surface area contributed by atoms with Gasteiger partial charge in [-0.3, -0.25) is 0 Å². The summed E-state index contributed by atoms with van der Waals surface area (Å²) in [6, 6.07) is 8.34. The molecule has 3 nitrogen and oxygen atoms in total. The van der Waals surface area contributed by atoms with E-state index in [0.29, 0.717) is 11.1 Å². The largest absolute Gasteiger partial charge is 0.381 e. The SMILES string of the molecule is CCCC(CCC)Nc1cccc(Cl)c1-n1cccn1. The second-order valence-electron chi connectivity index (χ2n) is 5.01. The summed E-state index contributed by atoms with van der Waals surface area (Å²) >= 11 is 6.36. The van der Waals surface area contributed by atoms with Crippen LogP contribution in [-0.2, 0) is 0 Å². The van der Waals surface area contributed by atoms with Crippen LogP contribution in [0.1, 0.15) is 39.5 Å². The van der Waals surface area contributed by atoms with E-state index in [1.165, 1.54) is 25.7 Å². The van der Waals surface area contributed by atoms with E-state index in [9.17, 15) is 0 Å². The predicted molar refractivity (Wildman–Crippen MR) is 85.8 cm³/mol. The first-order valence-corrected chi connectivity index (χ1v) is 7.69. The summed E-state index contributed by atoms with van der Waals surface area (Å²) in [5, 5.41) is 8.65. The Hall–Kier alpha value is -1.48. The topological polar surface area (TPSA) is 29.9 Å². The molecule has 0 spiro atoms. The van der Waals surface area contributed by atoms with E-state index < -0.39 is 0 Å². The fraction of sp³-hybridized carbons (Fsp3) is 0.438. The van der Waals surface area contributed by atoms with Gasteiger partial charge in [-0.05, 0) is 31.0 Å². The highest BCUT2D eigenvalue weighted by Crippen LogP contribution is 2.29. The van der Waals surface area contributed by atoms with Crippen LogP contribution in [0.5, 0.6) is 0 Å². The molecule has 0 aliphatic carbocycles. The molecule has 1 aromatic heterocycles. The summed E-state index contributed by atoms with van der Waals surface area (Å²) in [6.07, 6.45) is 8.37. The van der Waals surface area contributed by atoms with Crippen LogP contribution in [0.2, 0.25) is 5.02 Å². The number of rotatable bonds is 7. The third-order valence-electron chi connectivity index (χ3n) is 3.35. The molecule has 0 aliphatic heterocycles. The first kappa shape index (κ1) is 14.9. The summed E-state index contributed by atoms with van der Waals surface area (Å²) in [6.45, 7) is 4.44. The number of nitrogens with zero attached hydrogens (tertiary/aromatic N) is 2. The van der Waals surface area contributed by atoms with Gasteiger partial charge in [0.2, 0.25) is 0 Å². The summed E-state index contributed by atoms with van der Waals surface area (Å²) in [7, 11) is 0. The molecule has 0 atom stereocenters. The molecule has 0 amide bonds. The maximum absolute atomic E-state index is 6.36. The van der Waals surface area contributed by atoms with Crippen molar-refractivity contribution in [3.8, 4) is 5.69 Å². The van der Waals surface area contributed by atoms with E-state index in [1.54, 1.807) is 6.20 Å². The van der Waals surface area contributed by atoms with Crippen molar-refractivity contribution in [3.63, 3.8) is 0 Å². The predicted octanol–water partition coefficient (Wildman–Crippen LogP) is 4.91. The van der Waals surface area contributed by atoms with E-state index in [1.807, 2.05) is 29.1 Å². The third kappa shape index (κ3) is 3.54. The van der Waals surface area contributed by atoms with E-state index in [0.717, 1.165) is 11.4 Å². The Labute approximate surface area is 126 Å². The van der Waals surface area contributed by atoms with Gasteiger partial charge in [0.15, 0.2) is 0 Å². The molecule has 0 bridgehead atoms. The van der Waals surface area contributed by atoms with Crippen LogP contribution in [0.15, 0.2) is 36.7 Å². The summed E-state index contributed by atoms with van der Waals surface area (Å²) in [5.74, 6) is 0. The van der Waals surface area contributed by atoms with Crippen molar-refractivity contribution in [2.75, 3.05) is 5.32 Å². The van der Waals surface area contributed by atoms with Gasteiger partial charge in [0, 0.05) is 18.4 Å². The number of para-hydroxylation sites is 1. The molecule has 0 aliphatic rings. The van der Waals surface area contributed by atoms with Gasteiger partial charge < -0.3 is 5.32 Å². The Morgan fingerprint density at radius 2 is 1.95 bits per heavy atom. The average molecular weight is 292 g/mol. The molecular formula is C16H22ClN3. The van der Waals surface area contributed by atoms with Gasteiger partial charge in [-0.2, -0.15) is 5.10 Å². The van der Waals surface area contributed by atoms with Crippen LogP contribution in [0.4, 0.5) is 5.69 Å². The van der Waals surface area contributed by atoms with Gasteiger partial charge in [0.05, 0.1) is 10.7 Å². The molecule has 20 heavy (non-hydrogen) atoms. The monoisotopic (exact) mass is 291 g/mol. The Bertz CT molecular complexity index is 517. The van der Waals surface area contributed by atoms with Crippen LogP contribution < -0.4 is 5.32 Å². The fourth-order valence-corrected chi connectivity index (χ4v) is 2.73. The zero-order valence-electron chi connectivity index (χ0n) is 12.1. The average Bonchev–Trinajstić information content (AvgIpc) is 2.93. The molecule has 0 saturated heterocycles. The molecule has 0 saturated carbocycles. The van der Waals surface area contributed by atoms with Crippen molar-refractivity contribution in [1.29, 1.82) is 0 Å². The smallest absolute Gasteiger partial charge is 0.106 e. The fourth-order valence-electron chi connectivity index (χ4n) is 2.47. The molecule has 1 heterocycles. The minimum Gasteiger partial charge on any atom is -0.381 e. The molecule has 4 heteroatoms. The quantitative estimate of drug-likeness (QED) is 0.786. The molecule has 108 valence electrons. The highest BCUT2D eigenvalue weighted by atomic mass is 35.5. The van der Waals surface area contributed by atoms with Crippen LogP contribution in [-0.4, -0.2) is 15.8 Å². The lowest BCUT2D eigenvalue weighted by atomic mass is 10.1. The first-order valence-electron chi connectivity index (χ1n) is 7.31. The van der Waals surface area contributed by atoms with Crippen molar-refractivity contribution >= 4 is 17.3 Å². The van der Waals surface area contributed by atoms with E-state index in [4.69, 9.17) is 11.6 Å². The second-order valence-corrected chi connectivity index (χ2v) is 5.41. The van der Waals surface area contributed by atoms with E-state index in [-0.39, 0.29) is 0 Å². The minimum atomic E-state index is 0.484. The minimum absolute atomic E-state index is 0.484. The second kappa shape index (κ2) is 7.34. The standard InChI is InChI=1S/C16H22ClN3/c1-3-7-13(8-4-2)19-15-10-5-9-14(17)16(15)20-12-6-11-18-20/h5-6,9-13,19H,3-4,7-8H2,1-2H3. The normalized spacial score (nSPS) is 11.0. The lowest BCUT2D eigenvalue weighted by Crippen LogP contribution is -2.20. The Balaban J connectivity index is 2.29. The van der Waals surface area contributed by atoms with Crippen molar-refractivity contribution in [2.45, 2.75) is 45.6 Å². The number of anilines is 1. The molecule has 1 aromatic carbocycles. The highest BCUT2D eigenvalue weighted by molar-refractivity contribution is 6.33. The van der Waals surface area contributed by atoms with E-state index in [2.05, 4.69) is 30.3 Å². The van der Waals surface area contributed by atoms with Crippen LogP contribution in [0, 0.1) is 0 Å². The van der Waals surface area contributed by atoms with Crippen LogP contribution in [0.3, 0.4) is 0 Å². The number of hydrogen-bond acceptors (Lipinski definition) is 2. The molecule has 1 N–H and O–H groups in total. The number of halogens is 1. The molecule has 0 fully saturated rings. The molecule has 2 aromatic rings. The van der Waals surface area contributed by atoms with Gasteiger partial charge in [-0.1, -0.05) is 44.4 Å². The lowest BCUT2D eigenvalue weighted by molar-refractivity contribution is 0.586. The van der Waals surface area contributed by atoms with Crippen molar-refractivity contribution in [3.05, 3.63) is 41.7 Å². The van der Waals surface area contributed by atoms with Crippen molar-refractivity contribution < 1.29 is 0 Å².